The fourth-order valence-electron chi connectivity index (χ4n) is 3.93. The van der Waals surface area contributed by atoms with E-state index < -0.39 is 0 Å². The zero-order chi connectivity index (χ0) is 17.5. The van der Waals surface area contributed by atoms with Gasteiger partial charge in [-0.1, -0.05) is 12.1 Å². The van der Waals surface area contributed by atoms with Crippen molar-refractivity contribution in [1.29, 1.82) is 0 Å². The molecule has 0 bridgehead atoms. The molecule has 1 aliphatic rings. The molecule has 1 fully saturated rings. The highest BCUT2D eigenvalue weighted by Crippen LogP contribution is 2.34. The lowest BCUT2D eigenvalue weighted by Crippen LogP contribution is -2.47. The standard InChI is InChI=1S/C20H29N3O2/c1-25-19-7-2-6-18(14-19)15-20(17-24)8-3-10-22(16-20)11-5-13-23-12-4-9-21-23/h2,4,6-7,9,12,14,24H,3,5,8,10-11,13,15-17H2,1H3. The van der Waals surface area contributed by atoms with Gasteiger partial charge in [0.15, 0.2) is 0 Å². The van der Waals surface area contributed by atoms with Crippen molar-refractivity contribution in [2.45, 2.75) is 32.2 Å². The molecule has 0 amide bonds. The predicted molar refractivity (Wildman–Crippen MR) is 98.7 cm³/mol. The number of likely N-dealkylation sites (tertiary alicyclic amines) is 1. The zero-order valence-corrected chi connectivity index (χ0v) is 15.1. The summed E-state index contributed by atoms with van der Waals surface area (Å²) in [5.74, 6) is 0.887. The van der Waals surface area contributed by atoms with Crippen LogP contribution in [0.3, 0.4) is 0 Å². The summed E-state index contributed by atoms with van der Waals surface area (Å²) in [6.45, 7) is 4.32. The van der Waals surface area contributed by atoms with Gasteiger partial charge in [0.25, 0.3) is 0 Å². The van der Waals surface area contributed by atoms with E-state index in [-0.39, 0.29) is 12.0 Å². The van der Waals surface area contributed by atoms with Crippen LogP contribution in [0.4, 0.5) is 0 Å². The Morgan fingerprint density at radius 3 is 2.96 bits per heavy atom. The number of hydrogen-bond acceptors (Lipinski definition) is 4. The highest BCUT2D eigenvalue weighted by molar-refractivity contribution is 5.29. The van der Waals surface area contributed by atoms with Gasteiger partial charge in [0.2, 0.25) is 0 Å². The summed E-state index contributed by atoms with van der Waals surface area (Å²) in [6.07, 6.45) is 8.05. The van der Waals surface area contributed by atoms with Crippen molar-refractivity contribution in [3.05, 3.63) is 48.3 Å². The molecule has 1 saturated heterocycles. The molecular weight excluding hydrogens is 314 g/mol. The third kappa shape index (κ3) is 4.83. The fourth-order valence-corrected chi connectivity index (χ4v) is 3.93. The fraction of sp³-hybridized carbons (Fsp3) is 0.550. The smallest absolute Gasteiger partial charge is 0.119 e. The van der Waals surface area contributed by atoms with Crippen molar-refractivity contribution in [2.75, 3.05) is 33.4 Å². The van der Waals surface area contributed by atoms with Crippen LogP contribution in [0.2, 0.25) is 0 Å². The van der Waals surface area contributed by atoms with E-state index in [2.05, 4.69) is 22.1 Å². The molecule has 1 N–H and O–H groups in total. The number of piperidine rings is 1. The Hall–Kier alpha value is -1.85. The molecule has 136 valence electrons. The zero-order valence-electron chi connectivity index (χ0n) is 15.1. The number of methoxy groups -OCH3 is 1. The highest BCUT2D eigenvalue weighted by atomic mass is 16.5. The quantitative estimate of drug-likeness (QED) is 0.800. The normalized spacial score (nSPS) is 21.4. The molecule has 25 heavy (non-hydrogen) atoms. The molecule has 0 radical (unpaired) electrons. The van der Waals surface area contributed by atoms with Crippen LogP contribution >= 0.6 is 0 Å². The lowest BCUT2D eigenvalue weighted by molar-refractivity contribution is 0.0314. The van der Waals surface area contributed by atoms with Gasteiger partial charge in [-0.3, -0.25) is 4.68 Å². The molecule has 0 aliphatic carbocycles. The van der Waals surface area contributed by atoms with Crippen molar-refractivity contribution < 1.29 is 9.84 Å². The monoisotopic (exact) mass is 343 g/mol. The molecule has 1 atom stereocenters. The van der Waals surface area contributed by atoms with Crippen molar-refractivity contribution >= 4 is 0 Å². The third-order valence-corrected chi connectivity index (χ3v) is 5.21. The van der Waals surface area contributed by atoms with Gasteiger partial charge in [-0.25, -0.2) is 0 Å². The molecular formula is C20H29N3O2. The first-order valence-electron chi connectivity index (χ1n) is 9.17. The molecule has 3 rings (SSSR count). The number of aliphatic hydroxyl groups is 1. The predicted octanol–water partition coefficient (Wildman–Crippen LogP) is 2.60. The minimum atomic E-state index is -0.0453. The molecule has 0 saturated carbocycles. The summed E-state index contributed by atoms with van der Waals surface area (Å²) < 4.78 is 7.32. The van der Waals surface area contributed by atoms with E-state index in [1.54, 1.807) is 7.11 Å². The van der Waals surface area contributed by atoms with Gasteiger partial charge >= 0.3 is 0 Å². The number of aliphatic hydroxyl groups excluding tert-OH is 1. The first-order valence-corrected chi connectivity index (χ1v) is 9.17. The summed E-state index contributed by atoms with van der Waals surface area (Å²) in [6, 6.07) is 10.2. The van der Waals surface area contributed by atoms with Crippen molar-refractivity contribution in [2.24, 2.45) is 5.41 Å². The van der Waals surface area contributed by atoms with E-state index in [0.29, 0.717) is 0 Å². The van der Waals surface area contributed by atoms with Gasteiger partial charge in [0, 0.05) is 30.9 Å². The summed E-state index contributed by atoms with van der Waals surface area (Å²) in [5, 5.41) is 14.4. The molecule has 1 aromatic heterocycles. The van der Waals surface area contributed by atoms with Crippen molar-refractivity contribution in [1.82, 2.24) is 14.7 Å². The second-order valence-corrected chi connectivity index (χ2v) is 7.19. The van der Waals surface area contributed by atoms with Crippen LogP contribution in [-0.2, 0) is 13.0 Å². The van der Waals surface area contributed by atoms with E-state index in [1.165, 1.54) is 5.56 Å². The maximum Gasteiger partial charge on any atom is 0.119 e. The summed E-state index contributed by atoms with van der Waals surface area (Å²) >= 11 is 0. The van der Waals surface area contributed by atoms with Gasteiger partial charge in [-0.05, 0) is 62.5 Å². The molecule has 2 aromatic rings. The third-order valence-electron chi connectivity index (χ3n) is 5.21. The first-order chi connectivity index (χ1) is 12.2. The van der Waals surface area contributed by atoms with Crippen LogP contribution in [0.5, 0.6) is 5.75 Å². The topological polar surface area (TPSA) is 50.5 Å². The van der Waals surface area contributed by atoms with E-state index in [0.717, 1.165) is 57.6 Å². The van der Waals surface area contributed by atoms with Crippen LogP contribution in [0.1, 0.15) is 24.8 Å². The minimum absolute atomic E-state index is 0.0453. The number of hydrogen-bond donors (Lipinski definition) is 1. The van der Waals surface area contributed by atoms with Crippen LogP contribution in [0.25, 0.3) is 0 Å². The Kier molecular flexibility index (Phi) is 6.10. The molecule has 0 spiro atoms. The van der Waals surface area contributed by atoms with Gasteiger partial charge in [-0.2, -0.15) is 5.10 Å². The molecule has 2 heterocycles. The number of aromatic nitrogens is 2. The minimum Gasteiger partial charge on any atom is -0.497 e. The SMILES string of the molecule is COc1cccc(CC2(CO)CCCN(CCCn3cccn3)C2)c1. The summed E-state index contributed by atoms with van der Waals surface area (Å²) in [4.78, 5) is 2.50. The average Bonchev–Trinajstić information content (AvgIpc) is 3.16. The highest BCUT2D eigenvalue weighted by Gasteiger charge is 2.35. The maximum absolute atomic E-state index is 10.2. The van der Waals surface area contributed by atoms with E-state index >= 15 is 0 Å². The lowest BCUT2D eigenvalue weighted by atomic mass is 9.75. The van der Waals surface area contributed by atoms with Gasteiger partial charge in [-0.15, -0.1) is 0 Å². The van der Waals surface area contributed by atoms with E-state index in [4.69, 9.17) is 4.74 Å². The average molecular weight is 343 g/mol. The number of nitrogens with zero attached hydrogens (tertiary/aromatic N) is 3. The number of rotatable bonds is 8. The molecule has 1 aliphatic heterocycles. The number of aryl methyl sites for hydroxylation is 1. The van der Waals surface area contributed by atoms with E-state index in [1.807, 2.05) is 35.3 Å². The Morgan fingerprint density at radius 2 is 2.20 bits per heavy atom. The molecule has 1 unspecified atom stereocenters. The van der Waals surface area contributed by atoms with Crippen molar-refractivity contribution in [3.8, 4) is 5.75 Å². The second kappa shape index (κ2) is 8.50. The van der Waals surface area contributed by atoms with Gasteiger partial charge < -0.3 is 14.7 Å². The second-order valence-electron chi connectivity index (χ2n) is 7.19. The summed E-state index contributed by atoms with van der Waals surface area (Å²) in [5.41, 5.74) is 1.20. The maximum atomic E-state index is 10.2. The van der Waals surface area contributed by atoms with Gasteiger partial charge in [0.1, 0.15) is 5.75 Å². The number of ether oxygens (including phenoxy) is 1. The van der Waals surface area contributed by atoms with Crippen LogP contribution in [-0.4, -0.2) is 53.1 Å². The molecule has 5 heteroatoms. The van der Waals surface area contributed by atoms with E-state index in [9.17, 15) is 5.11 Å². The van der Waals surface area contributed by atoms with Crippen LogP contribution < -0.4 is 4.74 Å². The Balaban J connectivity index is 1.58. The molecule has 5 nitrogen and oxygen atoms in total. The van der Waals surface area contributed by atoms with Crippen LogP contribution in [0, 0.1) is 5.41 Å². The Morgan fingerprint density at radius 1 is 1.28 bits per heavy atom. The summed E-state index contributed by atoms with van der Waals surface area (Å²) in [7, 11) is 1.70. The number of benzene rings is 1. The van der Waals surface area contributed by atoms with Crippen molar-refractivity contribution in [3.63, 3.8) is 0 Å². The lowest BCUT2D eigenvalue weighted by Gasteiger charge is -2.42. The largest absolute Gasteiger partial charge is 0.497 e. The van der Waals surface area contributed by atoms with Crippen LogP contribution in [0.15, 0.2) is 42.7 Å². The first kappa shape index (κ1) is 18.0. The Bertz CT molecular complexity index is 644. The molecule has 1 aromatic carbocycles. The van der Waals surface area contributed by atoms with Gasteiger partial charge in [0.05, 0.1) is 13.7 Å². The Labute approximate surface area is 150 Å².